The molecule has 1 fully saturated rings. The van der Waals surface area contributed by atoms with Crippen LogP contribution in [0, 0.1) is 24.2 Å². The van der Waals surface area contributed by atoms with Gasteiger partial charge in [-0.25, -0.2) is 4.98 Å². The lowest BCUT2D eigenvalue weighted by Gasteiger charge is -2.29. The van der Waals surface area contributed by atoms with E-state index in [1.165, 1.54) is 4.52 Å². The average Bonchev–Trinajstić information content (AvgIpc) is 2.92. The summed E-state index contributed by atoms with van der Waals surface area (Å²) in [7, 11) is 0. The van der Waals surface area contributed by atoms with E-state index < -0.39 is 0 Å². The number of fused-ring (bicyclic) bond motifs is 1. The van der Waals surface area contributed by atoms with E-state index in [4.69, 9.17) is 23.1 Å². The van der Waals surface area contributed by atoms with Gasteiger partial charge in [0.25, 0.3) is 0 Å². The number of nitrogens with two attached hydrogens (primary N) is 2. The third-order valence-electron chi connectivity index (χ3n) is 4.69. The quantitative estimate of drug-likeness (QED) is 0.513. The molecule has 148 valence electrons. The molecule has 0 aliphatic heterocycles. The van der Waals surface area contributed by atoms with Gasteiger partial charge in [0.05, 0.1) is 11.8 Å². The molecule has 0 radical (unpaired) electrons. The highest BCUT2D eigenvalue weighted by atomic mass is 35.5. The highest BCUT2D eigenvalue weighted by Gasteiger charge is 2.26. The summed E-state index contributed by atoms with van der Waals surface area (Å²) in [6.45, 7) is 2.92. The molecular formula is C18H23ClN8O. The maximum absolute atomic E-state index is 9.42. The molecule has 0 spiro atoms. The normalized spacial score (nSPS) is 19.7. The van der Waals surface area contributed by atoms with Crippen LogP contribution in [0.2, 0.25) is 5.02 Å². The zero-order valence-corrected chi connectivity index (χ0v) is 16.3. The Balaban J connectivity index is 1.60. The first-order valence-corrected chi connectivity index (χ1v) is 9.39. The van der Waals surface area contributed by atoms with Crippen LogP contribution in [0.5, 0.6) is 0 Å². The van der Waals surface area contributed by atoms with Crippen molar-refractivity contribution in [2.45, 2.75) is 32.3 Å². The summed E-state index contributed by atoms with van der Waals surface area (Å²) < 4.78 is 1.37. The summed E-state index contributed by atoms with van der Waals surface area (Å²) in [5, 5.41) is 26.4. The van der Waals surface area contributed by atoms with Gasteiger partial charge in [-0.05, 0) is 31.8 Å². The van der Waals surface area contributed by atoms with Crippen molar-refractivity contribution in [1.29, 1.82) is 5.26 Å². The number of anilines is 2. The summed E-state index contributed by atoms with van der Waals surface area (Å²) in [4.78, 5) is 8.70. The van der Waals surface area contributed by atoms with Gasteiger partial charge in [0, 0.05) is 31.4 Å². The standard InChI is InChI=1S/C18H23ClN8O/c1-10-15(19)18-25-17(14(8-20)16(22)27(18)26-10)24-5-3-12(21)2-4-23-9-11-6-13(28)7-11/h2,4,11,13,28H,3,5-7,9,21-22H2,1H3,(H,24,25)/b12-2-,23-4?. The van der Waals surface area contributed by atoms with Gasteiger partial charge < -0.3 is 21.9 Å². The summed E-state index contributed by atoms with van der Waals surface area (Å²) in [5.74, 6) is 0.999. The smallest absolute Gasteiger partial charge is 0.178 e. The second-order valence-corrected chi connectivity index (χ2v) is 7.27. The number of aliphatic hydroxyl groups excluding tert-OH is 1. The Morgan fingerprint density at radius 2 is 2.29 bits per heavy atom. The van der Waals surface area contributed by atoms with Crippen LogP contribution in [0.3, 0.4) is 0 Å². The third kappa shape index (κ3) is 4.18. The third-order valence-corrected chi connectivity index (χ3v) is 5.13. The van der Waals surface area contributed by atoms with E-state index >= 15 is 0 Å². The van der Waals surface area contributed by atoms with Crippen molar-refractivity contribution in [3.8, 4) is 6.07 Å². The predicted octanol–water partition coefficient (Wildman–Crippen LogP) is 1.63. The topological polar surface area (TPSA) is 151 Å². The summed E-state index contributed by atoms with van der Waals surface area (Å²) in [6.07, 6.45) is 5.47. The number of hydrogen-bond acceptors (Lipinski definition) is 8. The molecule has 0 atom stereocenters. The van der Waals surface area contributed by atoms with Gasteiger partial charge in [0.1, 0.15) is 28.3 Å². The minimum Gasteiger partial charge on any atom is -0.402 e. The lowest BCUT2D eigenvalue weighted by Crippen LogP contribution is -2.30. The molecule has 3 rings (SSSR count). The highest BCUT2D eigenvalue weighted by Crippen LogP contribution is 2.28. The van der Waals surface area contributed by atoms with Gasteiger partial charge in [-0.15, -0.1) is 0 Å². The number of aryl methyl sites for hydroxylation is 1. The number of nitriles is 1. The number of aliphatic hydroxyl groups is 1. The second-order valence-electron chi connectivity index (χ2n) is 6.89. The molecule has 1 saturated carbocycles. The van der Waals surface area contributed by atoms with Crippen molar-refractivity contribution < 1.29 is 5.11 Å². The number of hydrogen-bond donors (Lipinski definition) is 4. The van der Waals surface area contributed by atoms with Crippen LogP contribution in [-0.4, -0.2) is 45.1 Å². The summed E-state index contributed by atoms with van der Waals surface area (Å²) in [6, 6.07) is 2.05. The molecule has 2 heterocycles. The number of nitrogens with zero attached hydrogens (tertiary/aromatic N) is 5. The molecule has 0 saturated heterocycles. The van der Waals surface area contributed by atoms with E-state index in [-0.39, 0.29) is 17.5 Å². The Hall–Kier alpha value is -2.83. The van der Waals surface area contributed by atoms with E-state index in [0.29, 0.717) is 53.3 Å². The second kappa shape index (κ2) is 8.46. The van der Waals surface area contributed by atoms with Gasteiger partial charge in [-0.2, -0.15) is 14.9 Å². The monoisotopic (exact) mass is 402 g/mol. The molecule has 1 aliphatic carbocycles. The SMILES string of the molecule is Cc1nn2c(N)c(C#N)c(NCC/C(N)=C/C=NCC3CC(O)C3)nc2c1Cl. The molecule has 0 bridgehead atoms. The van der Waals surface area contributed by atoms with Gasteiger partial charge >= 0.3 is 0 Å². The molecule has 0 unspecified atom stereocenters. The van der Waals surface area contributed by atoms with Gasteiger partial charge in [0.15, 0.2) is 5.65 Å². The summed E-state index contributed by atoms with van der Waals surface area (Å²) in [5.41, 5.74) is 13.9. The van der Waals surface area contributed by atoms with Crippen molar-refractivity contribution in [2.24, 2.45) is 16.6 Å². The highest BCUT2D eigenvalue weighted by molar-refractivity contribution is 6.34. The number of aliphatic imine (C=N–C) groups is 1. The first-order chi connectivity index (χ1) is 13.4. The Morgan fingerprint density at radius 3 is 2.96 bits per heavy atom. The average molecular weight is 403 g/mol. The van der Waals surface area contributed by atoms with Crippen molar-refractivity contribution in [3.05, 3.63) is 28.1 Å². The largest absolute Gasteiger partial charge is 0.402 e. The number of aromatic nitrogens is 3. The first kappa shape index (κ1) is 19.9. The predicted molar refractivity (Wildman–Crippen MR) is 109 cm³/mol. The van der Waals surface area contributed by atoms with Crippen molar-refractivity contribution >= 4 is 35.1 Å². The zero-order chi connectivity index (χ0) is 20.3. The molecule has 10 heteroatoms. The lowest BCUT2D eigenvalue weighted by atomic mass is 9.83. The fraction of sp³-hybridized carbons (Fsp3) is 0.444. The Labute approximate surface area is 167 Å². The molecule has 9 nitrogen and oxygen atoms in total. The van der Waals surface area contributed by atoms with Crippen LogP contribution in [0.25, 0.3) is 5.65 Å². The maximum atomic E-state index is 9.42. The first-order valence-electron chi connectivity index (χ1n) is 9.01. The molecule has 0 amide bonds. The van der Waals surface area contributed by atoms with Crippen molar-refractivity contribution in [2.75, 3.05) is 24.1 Å². The van der Waals surface area contributed by atoms with E-state index in [1.807, 2.05) is 0 Å². The van der Waals surface area contributed by atoms with E-state index in [1.54, 1.807) is 19.2 Å². The molecule has 28 heavy (non-hydrogen) atoms. The Morgan fingerprint density at radius 1 is 1.54 bits per heavy atom. The number of nitrogen functional groups attached to an aromatic ring is 1. The van der Waals surface area contributed by atoms with Crippen molar-refractivity contribution in [1.82, 2.24) is 14.6 Å². The molecular weight excluding hydrogens is 380 g/mol. The molecule has 2 aromatic rings. The number of rotatable bonds is 7. The van der Waals surface area contributed by atoms with Gasteiger partial charge in [-0.1, -0.05) is 11.6 Å². The minimum atomic E-state index is -0.159. The molecule has 6 N–H and O–H groups in total. The van der Waals surface area contributed by atoms with Crippen LogP contribution in [0.1, 0.15) is 30.5 Å². The minimum absolute atomic E-state index is 0.159. The fourth-order valence-electron chi connectivity index (χ4n) is 3.00. The van der Waals surface area contributed by atoms with E-state index in [0.717, 1.165) is 12.8 Å². The van der Waals surface area contributed by atoms with Crippen LogP contribution in [0.15, 0.2) is 16.8 Å². The van der Waals surface area contributed by atoms with Gasteiger partial charge in [-0.3, -0.25) is 4.99 Å². The van der Waals surface area contributed by atoms with E-state index in [2.05, 4.69) is 26.5 Å². The molecule has 0 aromatic carbocycles. The van der Waals surface area contributed by atoms with Gasteiger partial charge in [0.2, 0.25) is 0 Å². The number of allylic oxidation sites excluding steroid dienone is 1. The zero-order valence-electron chi connectivity index (χ0n) is 15.6. The van der Waals surface area contributed by atoms with Crippen LogP contribution < -0.4 is 16.8 Å². The summed E-state index contributed by atoms with van der Waals surface area (Å²) >= 11 is 6.21. The number of halogens is 1. The Kier molecular flexibility index (Phi) is 6.02. The van der Waals surface area contributed by atoms with E-state index in [9.17, 15) is 10.4 Å². The Bertz CT molecular complexity index is 968. The maximum Gasteiger partial charge on any atom is 0.178 e. The van der Waals surface area contributed by atoms with Crippen LogP contribution >= 0.6 is 11.6 Å². The van der Waals surface area contributed by atoms with Crippen molar-refractivity contribution in [3.63, 3.8) is 0 Å². The fourth-order valence-corrected chi connectivity index (χ4v) is 3.16. The van der Waals surface area contributed by atoms with Crippen LogP contribution in [-0.2, 0) is 0 Å². The molecule has 2 aromatic heterocycles. The molecule has 1 aliphatic rings. The lowest BCUT2D eigenvalue weighted by molar-refractivity contribution is 0.0472. The van der Waals surface area contributed by atoms with Crippen LogP contribution in [0.4, 0.5) is 11.6 Å². The number of nitrogens with one attached hydrogen (secondary N) is 1.